The second-order valence-electron chi connectivity index (χ2n) is 5.52. The average Bonchev–Trinajstić information content (AvgIpc) is 2.85. The number of rotatable bonds is 2. The Balaban J connectivity index is 1.61. The van der Waals surface area contributed by atoms with Crippen LogP contribution in [0, 0.1) is 0 Å². The third-order valence-corrected chi connectivity index (χ3v) is 4.21. The molecule has 0 saturated carbocycles. The largest absolute Gasteiger partial charge is 0.508 e. The molecular formula is C15H20N2O2. The van der Waals surface area contributed by atoms with E-state index in [9.17, 15) is 9.90 Å². The maximum atomic E-state index is 12.3. The SMILES string of the molecule is O=C(Cc1cccc(O)c1)N1CCN2CCCC2C1. The van der Waals surface area contributed by atoms with Crippen LogP contribution in [0.25, 0.3) is 0 Å². The summed E-state index contributed by atoms with van der Waals surface area (Å²) in [6.45, 7) is 3.92. The molecule has 0 aromatic heterocycles. The van der Waals surface area contributed by atoms with Crippen LogP contribution in [0.4, 0.5) is 0 Å². The number of benzene rings is 1. The molecule has 0 radical (unpaired) electrons. The fraction of sp³-hybridized carbons (Fsp3) is 0.533. The number of phenolic OH excluding ortho intramolecular Hbond substituents is 1. The van der Waals surface area contributed by atoms with Gasteiger partial charge in [0.25, 0.3) is 0 Å². The summed E-state index contributed by atoms with van der Waals surface area (Å²) in [6.07, 6.45) is 2.87. The molecule has 1 atom stereocenters. The van der Waals surface area contributed by atoms with E-state index < -0.39 is 0 Å². The van der Waals surface area contributed by atoms with Crippen molar-refractivity contribution in [2.24, 2.45) is 0 Å². The third-order valence-electron chi connectivity index (χ3n) is 4.21. The van der Waals surface area contributed by atoms with E-state index in [1.165, 1.54) is 19.4 Å². The Labute approximate surface area is 113 Å². The van der Waals surface area contributed by atoms with Crippen molar-refractivity contribution >= 4 is 5.91 Å². The van der Waals surface area contributed by atoms with Gasteiger partial charge in [0.15, 0.2) is 0 Å². The Morgan fingerprint density at radius 1 is 1.32 bits per heavy atom. The predicted octanol–water partition coefficient (Wildman–Crippen LogP) is 1.24. The van der Waals surface area contributed by atoms with Crippen molar-refractivity contribution in [2.75, 3.05) is 26.2 Å². The lowest BCUT2D eigenvalue weighted by Crippen LogP contribution is -2.52. The monoisotopic (exact) mass is 260 g/mol. The lowest BCUT2D eigenvalue weighted by atomic mass is 10.1. The molecule has 4 nitrogen and oxygen atoms in total. The van der Waals surface area contributed by atoms with E-state index in [1.807, 2.05) is 11.0 Å². The highest BCUT2D eigenvalue weighted by atomic mass is 16.3. The summed E-state index contributed by atoms with van der Waals surface area (Å²) < 4.78 is 0. The number of fused-ring (bicyclic) bond motifs is 1. The van der Waals surface area contributed by atoms with Gasteiger partial charge in [-0.1, -0.05) is 12.1 Å². The Morgan fingerprint density at radius 2 is 2.21 bits per heavy atom. The van der Waals surface area contributed by atoms with Crippen LogP contribution in [-0.4, -0.2) is 53.0 Å². The first-order valence-electron chi connectivity index (χ1n) is 7.02. The van der Waals surface area contributed by atoms with E-state index in [0.29, 0.717) is 12.5 Å². The summed E-state index contributed by atoms with van der Waals surface area (Å²) in [5.41, 5.74) is 0.888. The molecule has 0 aliphatic carbocycles. The highest BCUT2D eigenvalue weighted by Gasteiger charge is 2.32. The fourth-order valence-corrected chi connectivity index (χ4v) is 3.17. The lowest BCUT2D eigenvalue weighted by Gasteiger charge is -2.37. The molecule has 0 bridgehead atoms. The van der Waals surface area contributed by atoms with Crippen LogP contribution in [0.3, 0.4) is 0 Å². The maximum absolute atomic E-state index is 12.3. The number of aromatic hydroxyl groups is 1. The van der Waals surface area contributed by atoms with Gasteiger partial charge in [0.05, 0.1) is 6.42 Å². The third kappa shape index (κ3) is 2.73. The minimum Gasteiger partial charge on any atom is -0.508 e. The van der Waals surface area contributed by atoms with Crippen molar-refractivity contribution in [2.45, 2.75) is 25.3 Å². The molecule has 1 unspecified atom stereocenters. The molecule has 3 rings (SSSR count). The lowest BCUT2D eigenvalue weighted by molar-refractivity contribution is -0.133. The van der Waals surface area contributed by atoms with E-state index in [0.717, 1.165) is 25.2 Å². The van der Waals surface area contributed by atoms with Crippen molar-refractivity contribution in [3.05, 3.63) is 29.8 Å². The van der Waals surface area contributed by atoms with Crippen molar-refractivity contribution < 1.29 is 9.90 Å². The van der Waals surface area contributed by atoms with E-state index in [-0.39, 0.29) is 11.7 Å². The highest BCUT2D eigenvalue weighted by Crippen LogP contribution is 2.22. The van der Waals surface area contributed by atoms with Crippen molar-refractivity contribution in [1.82, 2.24) is 9.80 Å². The summed E-state index contributed by atoms with van der Waals surface area (Å²) >= 11 is 0. The van der Waals surface area contributed by atoms with Gasteiger partial charge in [-0.2, -0.15) is 0 Å². The van der Waals surface area contributed by atoms with Gasteiger partial charge in [0.2, 0.25) is 5.91 Å². The zero-order valence-electron chi connectivity index (χ0n) is 11.1. The summed E-state index contributed by atoms with van der Waals surface area (Å²) in [7, 11) is 0. The standard InChI is InChI=1S/C15H20N2O2/c18-14-5-1-3-12(9-14)10-15(19)17-8-7-16-6-2-4-13(16)11-17/h1,3,5,9,13,18H,2,4,6-8,10-11H2. The van der Waals surface area contributed by atoms with E-state index in [1.54, 1.807) is 18.2 Å². The van der Waals surface area contributed by atoms with E-state index >= 15 is 0 Å². The summed E-state index contributed by atoms with van der Waals surface area (Å²) in [4.78, 5) is 16.8. The minimum absolute atomic E-state index is 0.178. The molecule has 2 fully saturated rings. The Kier molecular flexibility index (Phi) is 3.42. The summed E-state index contributed by atoms with van der Waals surface area (Å²) in [5, 5.41) is 9.43. The Morgan fingerprint density at radius 3 is 3.05 bits per heavy atom. The van der Waals surface area contributed by atoms with Crippen molar-refractivity contribution in [1.29, 1.82) is 0 Å². The number of carbonyl (C=O) groups excluding carboxylic acids is 1. The molecule has 1 aromatic rings. The quantitative estimate of drug-likeness (QED) is 0.870. The van der Waals surface area contributed by atoms with Gasteiger partial charge in [-0.15, -0.1) is 0 Å². The van der Waals surface area contributed by atoms with Crippen molar-refractivity contribution in [3.8, 4) is 5.75 Å². The molecule has 2 aliphatic rings. The van der Waals surface area contributed by atoms with Crippen LogP contribution < -0.4 is 0 Å². The Bertz CT molecular complexity index is 475. The van der Waals surface area contributed by atoms with E-state index in [2.05, 4.69) is 4.90 Å². The molecule has 2 saturated heterocycles. The maximum Gasteiger partial charge on any atom is 0.227 e. The number of nitrogens with zero attached hydrogens (tertiary/aromatic N) is 2. The first-order valence-corrected chi connectivity index (χ1v) is 7.02. The average molecular weight is 260 g/mol. The molecule has 4 heteroatoms. The van der Waals surface area contributed by atoms with Gasteiger partial charge in [-0.25, -0.2) is 0 Å². The zero-order valence-corrected chi connectivity index (χ0v) is 11.1. The summed E-state index contributed by atoms with van der Waals surface area (Å²) in [5.74, 6) is 0.406. The van der Waals surface area contributed by atoms with Crippen LogP contribution in [0.15, 0.2) is 24.3 Å². The van der Waals surface area contributed by atoms with Gasteiger partial charge in [-0.05, 0) is 37.1 Å². The molecule has 1 N–H and O–H groups in total. The molecule has 0 spiro atoms. The predicted molar refractivity (Wildman–Crippen MR) is 73.0 cm³/mol. The number of phenols is 1. The molecular weight excluding hydrogens is 240 g/mol. The number of amides is 1. The molecule has 2 heterocycles. The van der Waals surface area contributed by atoms with Gasteiger partial charge < -0.3 is 10.0 Å². The van der Waals surface area contributed by atoms with Crippen LogP contribution >= 0.6 is 0 Å². The second-order valence-corrected chi connectivity index (χ2v) is 5.52. The van der Waals surface area contributed by atoms with Crippen molar-refractivity contribution in [3.63, 3.8) is 0 Å². The number of carbonyl (C=O) groups is 1. The normalized spacial score (nSPS) is 23.4. The van der Waals surface area contributed by atoms with Crippen LogP contribution in [0.1, 0.15) is 18.4 Å². The topological polar surface area (TPSA) is 43.8 Å². The van der Waals surface area contributed by atoms with Crippen LogP contribution in [0.2, 0.25) is 0 Å². The van der Waals surface area contributed by atoms with E-state index in [4.69, 9.17) is 0 Å². The zero-order chi connectivity index (χ0) is 13.2. The molecule has 2 aliphatic heterocycles. The van der Waals surface area contributed by atoms with Gasteiger partial charge in [0.1, 0.15) is 5.75 Å². The molecule has 1 amide bonds. The van der Waals surface area contributed by atoms with Crippen LogP contribution in [0.5, 0.6) is 5.75 Å². The fourth-order valence-electron chi connectivity index (χ4n) is 3.17. The number of hydrogen-bond donors (Lipinski definition) is 1. The highest BCUT2D eigenvalue weighted by molar-refractivity contribution is 5.79. The smallest absolute Gasteiger partial charge is 0.227 e. The van der Waals surface area contributed by atoms with Gasteiger partial charge >= 0.3 is 0 Å². The molecule has 19 heavy (non-hydrogen) atoms. The first-order chi connectivity index (χ1) is 9.22. The van der Waals surface area contributed by atoms with Gasteiger partial charge in [-0.3, -0.25) is 9.69 Å². The Hall–Kier alpha value is -1.55. The molecule has 1 aromatic carbocycles. The first kappa shape index (κ1) is 12.5. The van der Waals surface area contributed by atoms with Gasteiger partial charge in [0, 0.05) is 25.7 Å². The van der Waals surface area contributed by atoms with Crippen LogP contribution in [-0.2, 0) is 11.2 Å². The second kappa shape index (κ2) is 5.21. The number of hydrogen-bond acceptors (Lipinski definition) is 3. The molecule has 102 valence electrons. The number of piperazine rings is 1. The summed E-state index contributed by atoms with van der Waals surface area (Å²) in [6, 6.07) is 7.55. The minimum atomic E-state index is 0.178.